The van der Waals surface area contributed by atoms with Gasteiger partial charge in [0, 0.05) is 19.0 Å². The number of benzene rings is 2. The van der Waals surface area contributed by atoms with Gasteiger partial charge in [0.2, 0.25) is 5.91 Å². The van der Waals surface area contributed by atoms with Crippen LogP contribution in [-0.4, -0.2) is 18.4 Å². The summed E-state index contributed by atoms with van der Waals surface area (Å²) in [7, 11) is 0. The Labute approximate surface area is 147 Å². The summed E-state index contributed by atoms with van der Waals surface area (Å²) in [5.74, 6) is -5.02. The molecule has 4 nitrogen and oxygen atoms in total. The van der Waals surface area contributed by atoms with Crippen LogP contribution in [0.25, 0.3) is 0 Å². The molecule has 1 atom stereocenters. The van der Waals surface area contributed by atoms with Crippen molar-refractivity contribution in [3.63, 3.8) is 0 Å². The monoisotopic (exact) mass is 368 g/mol. The minimum atomic E-state index is -1.02. The fourth-order valence-electron chi connectivity index (χ4n) is 2.24. The summed E-state index contributed by atoms with van der Waals surface area (Å²) in [6.07, 6.45) is -0.109. The predicted octanol–water partition coefficient (Wildman–Crippen LogP) is 3.24. The van der Waals surface area contributed by atoms with Gasteiger partial charge < -0.3 is 10.6 Å². The Morgan fingerprint density at radius 1 is 0.962 bits per heavy atom. The van der Waals surface area contributed by atoms with Crippen molar-refractivity contribution in [2.75, 3.05) is 6.54 Å². The molecule has 8 heteroatoms. The Bertz CT molecular complexity index is 827. The third-order valence-corrected chi connectivity index (χ3v) is 3.63. The van der Waals surface area contributed by atoms with Gasteiger partial charge in [-0.15, -0.1) is 0 Å². The highest BCUT2D eigenvalue weighted by atomic mass is 19.2. The molecule has 0 radical (unpaired) electrons. The van der Waals surface area contributed by atoms with Crippen LogP contribution in [0.5, 0.6) is 0 Å². The van der Waals surface area contributed by atoms with Crippen LogP contribution in [0.15, 0.2) is 36.4 Å². The zero-order valence-electron chi connectivity index (χ0n) is 13.8. The van der Waals surface area contributed by atoms with Crippen molar-refractivity contribution in [1.29, 1.82) is 0 Å². The first-order valence-corrected chi connectivity index (χ1v) is 7.75. The van der Waals surface area contributed by atoms with Gasteiger partial charge in [0.05, 0.1) is 11.6 Å². The number of hydrogen-bond acceptors (Lipinski definition) is 2. The van der Waals surface area contributed by atoms with E-state index in [2.05, 4.69) is 10.6 Å². The van der Waals surface area contributed by atoms with Crippen LogP contribution in [0.1, 0.15) is 35.3 Å². The minimum Gasteiger partial charge on any atom is -0.351 e. The van der Waals surface area contributed by atoms with E-state index in [1.165, 1.54) is 6.07 Å². The van der Waals surface area contributed by atoms with Gasteiger partial charge in [-0.3, -0.25) is 9.59 Å². The third kappa shape index (κ3) is 5.05. The third-order valence-electron chi connectivity index (χ3n) is 3.63. The SMILES string of the molecule is CC(NC(=O)CCNC(=O)c1ccc(F)cc1F)c1ccc(F)c(F)c1. The van der Waals surface area contributed by atoms with Crippen molar-refractivity contribution >= 4 is 11.8 Å². The van der Waals surface area contributed by atoms with Crippen molar-refractivity contribution in [3.05, 3.63) is 70.8 Å². The molecule has 0 aromatic heterocycles. The summed E-state index contributed by atoms with van der Waals surface area (Å²) in [6.45, 7) is 1.52. The van der Waals surface area contributed by atoms with Crippen LogP contribution in [0, 0.1) is 23.3 Å². The summed E-state index contributed by atoms with van der Waals surface area (Å²) in [5, 5.41) is 4.92. The first kappa shape index (κ1) is 19.4. The number of carbonyl (C=O) groups excluding carboxylic acids is 2. The van der Waals surface area contributed by atoms with Gasteiger partial charge in [0.15, 0.2) is 11.6 Å². The lowest BCUT2D eigenvalue weighted by molar-refractivity contribution is -0.121. The highest BCUT2D eigenvalue weighted by Crippen LogP contribution is 2.16. The molecule has 0 spiro atoms. The Hall–Kier alpha value is -2.90. The van der Waals surface area contributed by atoms with E-state index in [4.69, 9.17) is 0 Å². The second-order valence-electron chi connectivity index (χ2n) is 5.59. The average Bonchev–Trinajstić information content (AvgIpc) is 2.57. The first-order chi connectivity index (χ1) is 12.3. The van der Waals surface area contributed by atoms with E-state index >= 15 is 0 Å². The fraction of sp³-hybridized carbons (Fsp3) is 0.222. The Balaban J connectivity index is 1.82. The summed E-state index contributed by atoms with van der Waals surface area (Å²) in [4.78, 5) is 23.6. The zero-order valence-corrected chi connectivity index (χ0v) is 13.8. The molecule has 2 aromatic rings. The van der Waals surface area contributed by atoms with Crippen LogP contribution < -0.4 is 10.6 Å². The molecule has 0 aliphatic carbocycles. The molecule has 138 valence electrons. The molecular weight excluding hydrogens is 352 g/mol. The second-order valence-corrected chi connectivity index (χ2v) is 5.59. The Morgan fingerprint density at radius 3 is 2.35 bits per heavy atom. The van der Waals surface area contributed by atoms with E-state index in [9.17, 15) is 27.2 Å². The number of carbonyl (C=O) groups is 2. The largest absolute Gasteiger partial charge is 0.351 e. The van der Waals surface area contributed by atoms with E-state index in [0.29, 0.717) is 11.6 Å². The molecule has 2 amide bonds. The standard InChI is InChI=1S/C18H16F4N2O2/c1-10(11-2-5-14(20)16(22)8-11)24-17(25)6-7-23-18(26)13-4-3-12(19)9-15(13)21/h2-5,8-10H,6-7H2,1H3,(H,23,26)(H,24,25). The molecule has 2 aromatic carbocycles. The minimum absolute atomic E-state index is 0.0774. The van der Waals surface area contributed by atoms with E-state index in [0.717, 1.165) is 24.3 Å². The highest BCUT2D eigenvalue weighted by Gasteiger charge is 2.14. The number of hydrogen-bond donors (Lipinski definition) is 2. The van der Waals surface area contributed by atoms with Crippen LogP contribution in [0.3, 0.4) is 0 Å². The average molecular weight is 368 g/mol. The van der Waals surface area contributed by atoms with Gasteiger partial charge in [-0.05, 0) is 36.8 Å². The van der Waals surface area contributed by atoms with E-state index in [1.54, 1.807) is 6.92 Å². The summed E-state index contributed by atoms with van der Waals surface area (Å²) < 4.78 is 52.4. The van der Waals surface area contributed by atoms with Crippen molar-refractivity contribution in [2.45, 2.75) is 19.4 Å². The molecule has 1 unspecified atom stereocenters. The molecule has 2 rings (SSSR count). The first-order valence-electron chi connectivity index (χ1n) is 7.75. The molecule has 2 N–H and O–H groups in total. The number of amides is 2. The number of nitrogens with one attached hydrogen (secondary N) is 2. The maximum atomic E-state index is 13.5. The van der Waals surface area contributed by atoms with Crippen LogP contribution in [-0.2, 0) is 4.79 Å². The lowest BCUT2D eigenvalue weighted by Gasteiger charge is -2.15. The molecule has 0 aliphatic rings. The molecule has 0 bridgehead atoms. The van der Waals surface area contributed by atoms with Gasteiger partial charge >= 0.3 is 0 Å². The molecular formula is C18H16F4N2O2. The maximum Gasteiger partial charge on any atom is 0.254 e. The van der Waals surface area contributed by atoms with Crippen LogP contribution in [0.2, 0.25) is 0 Å². The van der Waals surface area contributed by atoms with Crippen molar-refractivity contribution in [2.24, 2.45) is 0 Å². The fourth-order valence-corrected chi connectivity index (χ4v) is 2.24. The van der Waals surface area contributed by atoms with E-state index in [-0.39, 0.29) is 18.5 Å². The molecule has 0 saturated heterocycles. The quantitative estimate of drug-likeness (QED) is 0.769. The summed E-state index contributed by atoms with van der Waals surface area (Å²) in [6, 6.07) is 5.28. The zero-order chi connectivity index (χ0) is 19.3. The molecule has 0 saturated carbocycles. The van der Waals surface area contributed by atoms with Gasteiger partial charge in [-0.2, -0.15) is 0 Å². The maximum absolute atomic E-state index is 13.5. The van der Waals surface area contributed by atoms with Gasteiger partial charge in [0.25, 0.3) is 5.91 Å². The normalized spacial score (nSPS) is 11.7. The number of rotatable bonds is 6. The molecule has 0 fully saturated rings. The highest BCUT2D eigenvalue weighted by molar-refractivity contribution is 5.94. The van der Waals surface area contributed by atoms with Crippen molar-refractivity contribution in [3.8, 4) is 0 Å². The Kier molecular flexibility index (Phi) is 6.32. The lowest BCUT2D eigenvalue weighted by Crippen LogP contribution is -2.32. The lowest BCUT2D eigenvalue weighted by atomic mass is 10.1. The van der Waals surface area contributed by atoms with E-state index in [1.807, 2.05) is 0 Å². The van der Waals surface area contributed by atoms with Crippen LogP contribution >= 0.6 is 0 Å². The van der Waals surface area contributed by atoms with Crippen molar-refractivity contribution < 1.29 is 27.2 Å². The van der Waals surface area contributed by atoms with Gasteiger partial charge in [0.1, 0.15) is 11.6 Å². The molecule has 0 heterocycles. The van der Waals surface area contributed by atoms with Crippen LogP contribution in [0.4, 0.5) is 17.6 Å². The summed E-state index contributed by atoms with van der Waals surface area (Å²) in [5.41, 5.74) is 0.0524. The topological polar surface area (TPSA) is 58.2 Å². The molecule has 26 heavy (non-hydrogen) atoms. The number of halogens is 4. The molecule has 0 aliphatic heterocycles. The Morgan fingerprint density at radius 2 is 1.69 bits per heavy atom. The predicted molar refractivity (Wildman–Crippen MR) is 86.2 cm³/mol. The smallest absolute Gasteiger partial charge is 0.254 e. The van der Waals surface area contributed by atoms with Crippen molar-refractivity contribution in [1.82, 2.24) is 10.6 Å². The van der Waals surface area contributed by atoms with Gasteiger partial charge in [-0.1, -0.05) is 6.07 Å². The summed E-state index contributed by atoms with van der Waals surface area (Å²) >= 11 is 0. The van der Waals surface area contributed by atoms with E-state index < -0.39 is 41.1 Å². The second kappa shape index (κ2) is 8.46. The van der Waals surface area contributed by atoms with Gasteiger partial charge in [-0.25, -0.2) is 17.6 Å².